The van der Waals surface area contributed by atoms with Crippen molar-refractivity contribution in [3.8, 4) is 5.75 Å². The molecule has 0 bridgehead atoms. The zero-order valence-electron chi connectivity index (χ0n) is 11.5. The Balaban J connectivity index is 1.95. The minimum absolute atomic E-state index is 0.0988. The molecule has 0 radical (unpaired) electrons. The van der Waals surface area contributed by atoms with Crippen LogP contribution in [0.5, 0.6) is 5.75 Å². The Morgan fingerprint density at radius 1 is 1.14 bits per heavy atom. The third kappa shape index (κ3) is 3.79. The van der Waals surface area contributed by atoms with Gasteiger partial charge in [0.25, 0.3) is 0 Å². The molecule has 0 saturated heterocycles. The van der Waals surface area contributed by atoms with Crippen LogP contribution in [0.1, 0.15) is 5.56 Å². The molecule has 2 aromatic rings. The number of aromatic nitrogens is 1. The van der Waals surface area contributed by atoms with Crippen LogP contribution in [0.15, 0.2) is 48.8 Å². The normalized spacial score (nSPS) is 9.95. The average molecular weight is 285 g/mol. The second-order valence-electron chi connectivity index (χ2n) is 4.42. The molecule has 1 aromatic carbocycles. The first-order valence-corrected chi connectivity index (χ1v) is 6.32. The van der Waals surface area contributed by atoms with Crippen LogP contribution in [0, 0.1) is 0 Å². The number of nitrogens with zero attached hydrogens (tertiary/aromatic N) is 2. The molecule has 2 rings (SSSR count). The number of benzene rings is 1. The fraction of sp³-hybridized carbons (Fsp3) is 0.133. The van der Waals surface area contributed by atoms with Gasteiger partial charge in [-0.3, -0.25) is 14.6 Å². The molecule has 0 unspecified atom stereocenters. The van der Waals surface area contributed by atoms with Gasteiger partial charge < -0.3 is 15.3 Å². The maximum absolute atomic E-state index is 12.0. The van der Waals surface area contributed by atoms with E-state index < -0.39 is 11.8 Å². The topological polar surface area (TPSA) is 82.5 Å². The fourth-order valence-electron chi connectivity index (χ4n) is 1.70. The first kappa shape index (κ1) is 14.5. The number of hydrogen-bond acceptors (Lipinski definition) is 4. The lowest BCUT2D eigenvalue weighted by Crippen LogP contribution is -2.40. The lowest BCUT2D eigenvalue weighted by molar-refractivity contribution is -0.137. The molecule has 6 nitrogen and oxygen atoms in total. The van der Waals surface area contributed by atoms with Gasteiger partial charge in [0.2, 0.25) is 0 Å². The standard InChI is InChI=1S/C15H15N3O3/c1-18(12-2-4-13(19)5-3-12)15(21)14(20)17-10-11-6-8-16-9-7-11/h2-9,19H,10H2,1H3,(H,17,20). The van der Waals surface area contributed by atoms with E-state index in [0.29, 0.717) is 5.69 Å². The number of nitrogens with one attached hydrogen (secondary N) is 1. The number of aromatic hydroxyl groups is 1. The number of phenolic OH excluding ortho intramolecular Hbond substituents is 1. The van der Waals surface area contributed by atoms with Gasteiger partial charge in [0.15, 0.2) is 0 Å². The summed E-state index contributed by atoms with van der Waals surface area (Å²) in [6, 6.07) is 9.54. The zero-order chi connectivity index (χ0) is 15.2. The minimum atomic E-state index is -0.692. The van der Waals surface area contributed by atoms with Crippen LogP contribution < -0.4 is 10.2 Å². The van der Waals surface area contributed by atoms with Crippen LogP contribution in [0.2, 0.25) is 0 Å². The highest BCUT2D eigenvalue weighted by Crippen LogP contribution is 2.17. The molecule has 1 aromatic heterocycles. The third-order valence-corrected chi connectivity index (χ3v) is 2.94. The van der Waals surface area contributed by atoms with Crippen molar-refractivity contribution in [2.75, 3.05) is 11.9 Å². The first-order valence-electron chi connectivity index (χ1n) is 6.32. The number of phenols is 1. The molecule has 2 N–H and O–H groups in total. The molecule has 0 aliphatic carbocycles. The molecular formula is C15H15N3O3. The van der Waals surface area contributed by atoms with Crippen molar-refractivity contribution in [1.29, 1.82) is 0 Å². The molecule has 1 heterocycles. The highest BCUT2D eigenvalue weighted by atomic mass is 16.3. The number of rotatable bonds is 3. The van der Waals surface area contributed by atoms with Gasteiger partial charge in [-0.1, -0.05) is 0 Å². The Bertz CT molecular complexity index is 626. The summed E-state index contributed by atoms with van der Waals surface area (Å²) < 4.78 is 0. The van der Waals surface area contributed by atoms with Gasteiger partial charge in [0.05, 0.1) is 0 Å². The van der Waals surface area contributed by atoms with Crippen molar-refractivity contribution in [2.45, 2.75) is 6.54 Å². The molecule has 0 saturated carbocycles. The molecule has 0 aliphatic rings. The molecule has 0 spiro atoms. The minimum Gasteiger partial charge on any atom is -0.508 e. The highest BCUT2D eigenvalue weighted by Gasteiger charge is 2.19. The number of carbonyl (C=O) groups is 2. The summed E-state index contributed by atoms with van der Waals surface area (Å²) in [7, 11) is 1.50. The number of anilines is 1. The predicted octanol–water partition coefficient (Wildman–Crippen LogP) is 1.07. The Hall–Kier alpha value is -2.89. The van der Waals surface area contributed by atoms with E-state index in [1.54, 1.807) is 36.7 Å². The van der Waals surface area contributed by atoms with Crippen LogP contribution in [-0.2, 0) is 16.1 Å². The number of likely N-dealkylation sites (N-methyl/N-ethyl adjacent to an activating group) is 1. The molecule has 108 valence electrons. The maximum atomic E-state index is 12.0. The van der Waals surface area contributed by atoms with E-state index in [-0.39, 0.29) is 12.3 Å². The number of carbonyl (C=O) groups excluding carboxylic acids is 2. The number of hydrogen-bond donors (Lipinski definition) is 2. The molecular weight excluding hydrogens is 270 g/mol. The Kier molecular flexibility index (Phi) is 4.50. The van der Waals surface area contributed by atoms with Gasteiger partial charge in [-0.15, -0.1) is 0 Å². The van der Waals surface area contributed by atoms with Gasteiger partial charge in [-0.2, -0.15) is 0 Å². The zero-order valence-corrected chi connectivity index (χ0v) is 11.5. The van der Waals surface area contributed by atoms with E-state index in [2.05, 4.69) is 10.3 Å². The van der Waals surface area contributed by atoms with Gasteiger partial charge in [-0.25, -0.2) is 0 Å². The number of amides is 2. The van der Waals surface area contributed by atoms with Crippen molar-refractivity contribution in [2.24, 2.45) is 0 Å². The fourth-order valence-corrected chi connectivity index (χ4v) is 1.70. The lowest BCUT2D eigenvalue weighted by Gasteiger charge is -2.16. The van der Waals surface area contributed by atoms with Crippen molar-refractivity contribution in [1.82, 2.24) is 10.3 Å². The van der Waals surface area contributed by atoms with E-state index in [1.165, 1.54) is 24.1 Å². The SMILES string of the molecule is CN(C(=O)C(=O)NCc1ccncc1)c1ccc(O)cc1. The summed E-state index contributed by atoms with van der Waals surface area (Å²) in [5.41, 5.74) is 1.38. The molecule has 0 atom stereocenters. The van der Waals surface area contributed by atoms with E-state index in [1.807, 2.05) is 0 Å². The third-order valence-electron chi connectivity index (χ3n) is 2.94. The van der Waals surface area contributed by atoms with Crippen molar-refractivity contribution >= 4 is 17.5 Å². The summed E-state index contributed by atoms with van der Waals surface area (Å²) in [5.74, 6) is -1.26. The Morgan fingerprint density at radius 3 is 2.38 bits per heavy atom. The average Bonchev–Trinajstić information content (AvgIpc) is 2.53. The van der Waals surface area contributed by atoms with Gasteiger partial charge >= 0.3 is 11.8 Å². The summed E-state index contributed by atoms with van der Waals surface area (Å²) in [6.07, 6.45) is 3.23. The molecule has 0 fully saturated rings. The lowest BCUT2D eigenvalue weighted by atomic mass is 10.2. The van der Waals surface area contributed by atoms with Gasteiger partial charge in [-0.05, 0) is 42.0 Å². The smallest absolute Gasteiger partial charge is 0.316 e. The highest BCUT2D eigenvalue weighted by molar-refractivity contribution is 6.40. The monoisotopic (exact) mass is 285 g/mol. The van der Waals surface area contributed by atoms with Crippen molar-refractivity contribution < 1.29 is 14.7 Å². The van der Waals surface area contributed by atoms with Crippen LogP contribution in [0.4, 0.5) is 5.69 Å². The molecule has 2 amide bonds. The van der Waals surface area contributed by atoms with Crippen molar-refractivity contribution in [3.05, 3.63) is 54.4 Å². The Labute approximate surface area is 122 Å². The van der Waals surface area contributed by atoms with Gasteiger partial charge in [0, 0.05) is 31.7 Å². The predicted molar refractivity (Wildman–Crippen MR) is 77.6 cm³/mol. The van der Waals surface area contributed by atoms with Crippen LogP contribution in [-0.4, -0.2) is 29.0 Å². The maximum Gasteiger partial charge on any atom is 0.316 e. The van der Waals surface area contributed by atoms with Crippen molar-refractivity contribution in [3.63, 3.8) is 0 Å². The second-order valence-corrected chi connectivity index (χ2v) is 4.42. The molecule has 0 aliphatic heterocycles. The Morgan fingerprint density at radius 2 is 1.76 bits per heavy atom. The largest absolute Gasteiger partial charge is 0.508 e. The summed E-state index contributed by atoms with van der Waals surface area (Å²) in [4.78, 5) is 28.9. The first-order chi connectivity index (χ1) is 10.1. The number of pyridine rings is 1. The van der Waals surface area contributed by atoms with E-state index in [4.69, 9.17) is 0 Å². The second kappa shape index (κ2) is 6.51. The van der Waals surface area contributed by atoms with Crippen LogP contribution >= 0.6 is 0 Å². The summed E-state index contributed by atoms with van der Waals surface area (Å²) in [5, 5.41) is 11.8. The van der Waals surface area contributed by atoms with E-state index >= 15 is 0 Å². The van der Waals surface area contributed by atoms with Crippen LogP contribution in [0.3, 0.4) is 0 Å². The van der Waals surface area contributed by atoms with E-state index in [0.717, 1.165) is 5.56 Å². The summed E-state index contributed by atoms with van der Waals surface area (Å²) in [6.45, 7) is 0.260. The van der Waals surface area contributed by atoms with Crippen LogP contribution in [0.25, 0.3) is 0 Å². The molecule has 6 heteroatoms. The van der Waals surface area contributed by atoms with Gasteiger partial charge in [0.1, 0.15) is 5.75 Å². The summed E-state index contributed by atoms with van der Waals surface area (Å²) >= 11 is 0. The van der Waals surface area contributed by atoms with E-state index in [9.17, 15) is 14.7 Å². The quantitative estimate of drug-likeness (QED) is 0.826. The molecule has 21 heavy (non-hydrogen) atoms.